The van der Waals surface area contributed by atoms with Crippen LogP contribution in [0.3, 0.4) is 0 Å². The minimum absolute atomic E-state index is 0.0318. The molecule has 0 aliphatic carbocycles. The number of halogens is 2. The first-order chi connectivity index (χ1) is 12.9. The van der Waals surface area contributed by atoms with Gasteiger partial charge < -0.3 is 15.4 Å². The molecule has 27 heavy (non-hydrogen) atoms. The molecule has 2 amide bonds. The molecule has 0 spiro atoms. The third kappa shape index (κ3) is 6.06. The molecule has 0 saturated carbocycles. The highest BCUT2D eigenvalue weighted by Gasteiger charge is 2.14. The van der Waals surface area contributed by atoms with Crippen LogP contribution in [-0.4, -0.2) is 25.0 Å². The number of hydrogen-bond donors (Lipinski definition) is 2. The fourth-order valence-corrected chi connectivity index (χ4v) is 2.50. The Balaban J connectivity index is 1.82. The Labute approximate surface area is 156 Å². The van der Waals surface area contributed by atoms with Gasteiger partial charge in [0.25, 0.3) is 5.91 Å². The minimum Gasteiger partial charge on any atom is -0.494 e. The molecule has 5 nitrogen and oxygen atoms in total. The van der Waals surface area contributed by atoms with Gasteiger partial charge >= 0.3 is 0 Å². The van der Waals surface area contributed by atoms with E-state index in [1.165, 1.54) is 0 Å². The van der Waals surface area contributed by atoms with Gasteiger partial charge in [-0.25, -0.2) is 8.78 Å². The average Bonchev–Trinajstić information content (AvgIpc) is 2.62. The number of rotatable bonds is 8. The predicted octanol–water partition coefficient (Wildman–Crippen LogP) is 3.36. The Morgan fingerprint density at radius 2 is 1.93 bits per heavy atom. The standard InChI is InChI=1S/C20H22F2N2O3/c1-3-27-16-6-4-5-14(11-16)13(2)24-19(25)9-10-23-20(26)17-8-7-15(21)12-18(17)22/h4-8,11-13H,3,9-10H2,1-2H3,(H,23,26)(H,24,25). The number of ether oxygens (including phenoxy) is 1. The van der Waals surface area contributed by atoms with E-state index in [4.69, 9.17) is 4.74 Å². The lowest BCUT2D eigenvalue weighted by Crippen LogP contribution is -2.32. The Morgan fingerprint density at radius 1 is 1.15 bits per heavy atom. The van der Waals surface area contributed by atoms with Gasteiger partial charge in [0, 0.05) is 19.0 Å². The molecule has 144 valence electrons. The summed E-state index contributed by atoms with van der Waals surface area (Å²) in [7, 11) is 0. The maximum absolute atomic E-state index is 13.5. The highest BCUT2D eigenvalue weighted by molar-refractivity contribution is 5.94. The van der Waals surface area contributed by atoms with Crippen LogP contribution in [0.4, 0.5) is 8.78 Å². The largest absolute Gasteiger partial charge is 0.494 e. The van der Waals surface area contributed by atoms with Crippen molar-refractivity contribution >= 4 is 11.8 Å². The SMILES string of the molecule is CCOc1cccc(C(C)NC(=O)CCNC(=O)c2ccc(F)cc2F)c1. The van der Waals surface area contributed by atoms with Crippen LogP contribution in [0.25, 0.3) is 0 Å². The topological polar surface area (TPSA) is 67.4 Å². The summed E-state index contributed by atoms with van der Waals surface area (Å²) in [5.41, 5.74) is 0.629. The molecule has 0 saturated heterocycles. The highest BCUT2D eigenvalue weighted by Crippen LogP contribution is 2.19. The van der Waals surface area contributed by atoms with Crippen LogP contribution in [0.1, 0.15) is 42.2 Å². The van der Waals surface area contributed by atoms with Gasteiger partial charge in [-0.05, 0) is 43.7 Å². The van der Waals surface area contributed by atoms with Crippen molar-refractivity contribution < 1.29 is 23.1 Å². The molecule has 0 aromatic heterocycles. The van der Waals surface area contributed by atoms with E-state index in [1.54, 1.807) is 0 Å². The first-order valence-corrected chi connectivity index (χ1v) is 8.66. The third-order valence-corrected chi connectivity index (χ3v) is 3.86. The van der Waals surface area contributed by atoms with Gasteiger partial charge in [0.15, 0.2) is 0 Å². The van der Waals surface area contributed by atoms with E-state index in [0.29, 0.717) is 12.7 Å². The molecule has 1 unspecified atom stereocenters. The van der Waals surface area contributed by atoms with Crippen molar-refractivity contribution in [2.45, 2.75) is 26.3 Å². The summed E-state index contributed by atoms with van der Waals surface area (Å²) in [4.78, 5) is 23.9. The van der Waals surface area contributed by atoms with Crippen LogP contribution in [0, 0.1) is 11.6 Å². The van der Waals surface area contributed by atoms with Gasteiger partial charge in [-0.1, -0.05) is 12.1 Å². The Kier molecular flexibility index (Phi) is 7.28. The van der Waals surface area contributed by atoms with Gasteiger partial charge in [-0.3, -0.25) is 9.59 Å². The van der Waals surface area contributed by atoms with E-state index in [0.717, 1.165) is 23.4 Å². The van der Waals surface area contributed by atoms with Gasteiger partial charge in [-0.15, -0.1) is 0 Å². The normalized spacial score (nSPS) is 11.6. The van der Waals surface area contributed by atoms with Crippen LogP contribution in [-0.2, 0) is 4.79 Å². The molecule has 2 rings (SSSR count). The Morgan fingerprint density at radius 3 is 2.63 bits per heavy atom. The van der Waals surface area contributed by atoms with Crippen molar-refractivity contribution in [3.8, 4) is 5.75 Å². The Hall–Kier alpha value is -2.96. The lowest BCUT2D eigenvalue weighted by atomic mass is 10.1. The molecule has 2 aromatic carbocycles. The first-order valence-electron chi connectivity index (χ1n) is 8.66. The smallest absolute Gasteiger partial charge is 0.254 e. The highest BCUT2D eigenvalue weighted by atomic mass is 19.1. The first kappa shape index (κ1) is 20.4. The molecular formula is C20H22F2N2O3. The molecular weight excluding hydrogens is 354 g/mol. The Bertz CT molecular complexity index is 812. The summed E-state index contributed by atoms with van der Waals surface area (Å²) in [6.45, 7) is 4.32. The zero-order chi connectivity index (χ0) is 19.8. The van der Waals surface area contributed by atoms with E-state index in [2.05, 4.69) is 10.6 Å². The predicted molar refractivity (Wildman–Crippen MR) is 97.5 cm³/mol. The summed E-state index contributed by atoms with van der Waals surface area (Å²) in [5, 5.41) is 5.28. The van der Waals surface area contributed by atoms with Gasteiger partial charge in [0.05, 0.1) is 18.2 Å². The zero-order valence-electron chi connectivity index (χ0n) is 15.2. The number of nitrogens with one attached hydrogen (secondary N) is 2. The maximum atomic E-state index is 13.5. The van der Waals surface area contributed by atoms with Crippen LogP contribution in [0.5, 0.6) is 5.75 Å². The fourth-order valence-electron chi connectivity index (χ4n) is 2.50. The number of benzene rings is 2. The second kappa shape index (κ2) is 9.66. The van der Waals surface area contributed by atoms with Crippen molar-refractivity contribution in [3.05, 3.63) is 65.2 Å². The molecule has 0 radical (unpaired) electrons. The van der Waals surface area contributed by atoms with Crippen LogP contribution in [0.2, 0.25) is 0 Å². The van der Waals surface area contributed by atoms with E-state index >= 15 is 0 Å². The average molecular weight is 376 g/mol. The van der Waals surface area contributed by atoms with Crippen molar-refractivity contribution in [1.82, 2.24) is 10.6 Å². The van der Waals surface area contributed by atoms with Crippen LogP contribution in [0.15, 0.2) is 42.5 Å². The van der Waals surface area contributed by atoms with E-state index in [1.807, 2.05) is 38.1 Å². The molecule has 2 N–H and O–H groups in total. The lowest BCUT2D eigenvalue weighted by molar-refractivity contribution is -0.121. The molecule has 0 bridgehead atoms. The maximum Gasteiger partial charge on any atom is 0.254 e. The minimum atomic E-state index is -0.945. The van der Waals surface area contributed by atoms with Gasteiger partial charge in [0.1, 0.15) is 17.4 Å². The molecule has 7 heteroatoms. The molecule has 0 aliphatic heterocycles. The summed E-state index contributed by atoms with van der Waals surface area (Å²) in [6.07, 6.45) is 0.0318. The summed E-state index contributed by atoms with van der Waals surface area (Å²) in [5.74, 6) is -1.93. The van der Waals surface area contributed by atoms with E-state index in [9.17, 15) is 18.4 Å². The second-order valence-electron chi connectivity index (χ2n) is 5.92. The number of carbonyl (C=O) groups is 2. The third-order valence-electron chi connectivity index (χ3n) is 3.86. The van der Waals surface area contributed by atoms with Crippen LogP contribution >= 0.6 is 0 Å². The van der Waals surface area contributed by atoms with E-state index < -0.39 is 17.5 Å². The summed E-state index contributed by atoms with van der Waals surface area (Å²) < 4.78 is 31.8. The molecule has 2 aromatic rings. The second-order valence-corrected chi connectivity index (χ2v) is 5.92. The van der Waals surface area contributed by atoms with Crippen molar-refractivity contribution in [2.24, 2.45) is 0 Å². The molecule has 0 heterocycles. The number of hydrogen-bond acceptors (Lipinski definition) is 3. The summed E-state index contributed by atoms with van der Waals surface area (Å²) >= 11 is 0. The van der Waals surface area contributed by atoms with E-state index in [-0.39, 0.29) is 30.5 Å². The van der Waals surface area contributed by atoms with Crippen molar-refractivity contribution in [3.63, 3.8) is 0 Å². The number of amides is 2. The molecule has 1 atom stereocenters. The zero-order valence-corrected chi connectivity index (χ0v) is 15.2. The van der Waals surface area contributed by atoms with Gasteiger partial charge in [-0.2, -0.15) is 0 Å². The van der Waals surface area contributed by atoms with Gasteiger partial charge in [0.2, 0.25) is 5.91 Å². The van der Waals surface area contributed by atoms with Crippen LogP contribution < -0.4 is 15.4 Å². The summed E-state index contributed by atoms with van der Waals surface area (Å²) in [6, 6.07) is 9.89. The quantitative estimate of drug-likeness (QED) is 0.742. The molecule has 0 aliphatic rings. The molecule has 0 fully saturated rings. The van der Waals surface area contributed by atoms with Crippen molar-refractivity contribution in [1.29, 1.82) is 0 Å². The fraction of sp³-hybridized carbons (Fsp3) is 0.300. The monoisotopic (exact) mass is 376 g/mol. The number of carbonyl (C=O) groups excluding carboxylic acids is 2. The lowest BCUT2D eigenvalue weighted by Gasteiger charge is -2.15. The van der Waals surface area contributed by atoms with Crippen molar-refractivity contribution in [2.75, 3.05) is 13.2 Å².